The molecule has 1 saturated heterocycles. The molecule has 1 aromatic carbocycles. The third-order valence-electron chi connectivity index (χ3n) is 3.66. The van der Waals surface area contributed by atoms with Gasteiger partial charge in [0, 0.05) is 13.1 Å². The molecule has 96 valence electrons. The summed E-state index contributed by atoms with van der Waals surface area (Å²) in [7, 11) is 0. The summed E-state index contributed by atoms with van der Waals surface area (Å²) < 4.78 is 0. The number of benzene rings is 1. The number of Topliss-reactive ketones (excluding diaryl/α,β-unsaturated/α-hetero) is 1. The van der Waals surface area contributed by atoms with E-state index in [0.29, 0.717) is 6.54 Å². The molecule has 0 bridgehead atoms. The molecule has 1 aromatic rings. The second kappa shape index (κ2) is 5.34. The summed E-state index contributed by atoms with van der Waals surface area (Å²) in [5.74, 6) is -0.292. The van der Waals surface area contributed by atoms with Gasteiger partial charge in [-0.15, -0.1) is 0 Å². The fourth-order valence-electron chi connectivity index (χ4n) is 2.61. The molecule has 2 rings (SSSR count). The molecule has 2 unspecified atom stereocenters. The second-order valence-electron chi connectivity index (χ2n) is 5.10. The van der Waals surface area contributed by atoms with Gasteiger partial charge in [0.05, 0.1) is 5.92 Å². The Balaban J connectivity index is 2.11. The number of carbonyl (C=O) groups excluding carboxylic acids is 2. The summed E-state index contributed by atoms with van der Waals surface area (Å²) in [4.78, 5) is 25.7. The number of rotatable bonds is 3. The number of hydrogen-bond donors (Lipinski definition) is 0. The minimum absolute atomic E-state index is 0.00902. The van der Waals surface area contributed by atoms with Crippen molar-refractivity contribution in [3.05, 3.63) is 35.9 Å². The first kappa shape index (κ1) is 12.8. The number of amides is 1. The number of piperidine rings is 1. The molecule has 1 heterocycles. The van der Waals surface area contributed by atoms with Gasteiger partial charge in [-0.2, -0.15) is 0 Å². The molecule has 1 aliphatic rings. The molecule has 0 aliphatic carbocycles. The smallest absolute Gasteiger partial charge is 0.233 e. The molecule has 0 N–H and O–H groups in total. The van der Waals surface area contributed by atoms with Gasteiger partial charge >= 0.3 is 0 Å². The molecule has 0 spiro atoms. The van der Waals surface area contributed by atoms with Crippen molar-refractivity contribution in [2.24, 2.45) is 11.8 Å². The molecular formula is C15H19NO2. The molecule has 2 atom stereocenters. The maximum atomic E-state index is 12.3. The van der Waals surface area contributed by atoms with Crippen LogP contribution in [0.2, 0.25) is 0 Å². The Morgan fingerprint density at radius 1 is 1.33 bits per heavy atom. The van der Waals surface area contributed by atoms with Crippen molar-refractivity contribution in [2.45, 2.75) is 26.8 Å². The zero-order valence-corrected chi connectivity index (χ0v) is 10.9. The molecular weight excluding hydrogens is 226 g/mol. The van der Waals surface area contributed by atoms with Gasteiger partial charge < -0.3 is 4.90 Å². The highest BCUT2D eigenvalue weighted by Crippen LogP contribution is 2.26. The van der Waals surface area contributed by atoms with Crippen molar-refractivity contribution in [2.75, 3.05) is 6.54 Å². The lowest BCUT2D eigenvalue weighted by atomic mass is 9.83. The van der Waals surface area contributed by atoms with E-state index in [2.05, 4.69) is 0 Å². The van der Waals surface area contributed by atoms with Gasteiger partial charge in [-0.25, -0.2) is 0 Å². The third kappa shape index (κ3) is 2.61. The molecule has 18 heavy (non-hydrogen) atoms. The summed E-state index contributed by atoms with van der Waals surface area (Å²) in [6, 6.07) is 9.91. The Morgan fingerprint density at radius 2 is 2.00 bits per heavy atom. The van der Waals surface area contributed by atoms with Crippen molar-refractivity contribution in [1.82, 2.24) is 4.90 Å². The number of carbonyl (C=O) groups is 2. The molecule has 3 heteroatoms. The van der Waals surface area contributed by atoms with Gasteiger partial charge in [-0.1, -0.05) is 37.3 Å². The summed E-state index contributed by atoms with van der Waals surface area (Å²) in [6.07, 6.45) is 0.906. The van der Waals surface area contributed by atoms with E-state index >= 15 is 0 Å². The van der Waals surface area contributed by atoms with Crippen LogP contribution in [0.15, 0.2) is 30.3 Å². The number of likely N-dealkylation sites (tertiary alicyclic amines) is 1. The molecule has 3 nitrogen and oxygen atoms in total. The van der Waals surface area contributed by atoms with Crippen molar-refractivity contribution in [1.29, 1.82) is 0 Å². The van der Waals surface area contributed by atoms with Gasteiger partial charge in [-0.3, -0.25) is 9.59 Å². The standard InChI is InChI=1S/C15H19NO2/c1-11-8-9-16(15(18)14(11)12(2)17)10-13-6-4-3-5-7-13/h3-7,11,14H,8-10H2,1-2H3. The van der Waals surface area contributed by atoms with Gasteiger partial charge in [0.2, 0.25) is 5.91 Å². The Morgan fingerprint density at radius 3 is 2.61 bits per heavy atom. The van der Waals surface area contributed by atoms with E-state index < -0.39 is 5.92 Å². The molecule has 1 aliphatic heterocycles. The number of hydrogen-bond acceptors (Lipinski definition) is 2. The summed E-state index contributed by atoms with van der Waals surface area (Å²) >= 11 is 0. The van der Waals surface area contributed by atoms with Crippen molar-refractivity contribution >= 4 is 11.7 Å². The maximum Gasteiger partial charge on any atom is 0.233 e. The van der Waals surface area contributed by atoms with Crippen LogP contribution in [0.25, 0.3) is 0 Å². The first-order valence-electron chi connectivity index (χ1n) is 6.42. The first-order valence-corrected chi connectivity index (χ1v) is 6.42. The third-order valence-corrected chi connectivity index (χ3v) is 3.66. The fraction of sp³-hybridized carbons (Fsp3) is 0.467. The van der Waals surface area contributed by atoms with Crippen LogP contribution >= 0.6 is 0 Å². The van der Waals surface area contributed by atoms with E-state index in [0.717, 1.165) is 18.5 Å². The topological polar surface area (TPSA) is 37.4 Å². The quantitative estimate of drug-likeness (QED) is 0.766. The van der Waals surface area contributed by atoms with E-state index in [1.54, 1.807) is 4.90 Å². The average Bonchev–Trinajstić information content (AvgIpc) is 2.34. The summed E-state index contributed by atoms with van der Waals surface area (Å²) in [6.45, 7) is 4.86. The molecule has 0 aromatic heterocycles. The monoisotopic (exact) mass is 245 g/mol. The lowest BCUT2D eigenvalue weighted by Gasteiger charge is -2.35. The van der Waals surface area contributed by atoms with E-state index in [1.165, 1.54) is 6.92 Å². The highest BCUT2D eigenvalue weighted by atomic mass is 16.2. The van der Waals surface area contributed by atoms with Crippen LogP contribution in [0.5, 0.6) is 0 Å². The fourth-order valence-corrected chi connectivity index (χ4v) is 2.61. The predicted octanol–water partition coefficient (Wildman–Crippen LogP) is 2.26. The Hall–Kier alpha value is -1.64. The van der Waals surface area contributed by atoms with Gasteiger partial charge in [0.25, 0.3) is 0 Å². The van der Waals surface area contributed by atoms with Crippen LogP contribution in [-0.4, -0.2) is 23.1 Å². The van der Waals surface area contributed by atoms with Crippen LogP contribution in [-0.2, 0) is 16.1 Å². The second-order valence-corrected chi connectivity index (χ2v) is 5.10. The number of ketones is 1. The normalized spacial score (nSPS) is 24.1. The van der Waals surface area contributed by atoms with E-state index in [-0.39, 0.29) is 17.6 Å². The van der Waals surface area contributed by atoms with Crippen LogP contribution < -0.4 is 0 Å². The predicted molar refractivity (Wildman–Crippen MR) is 69.8 cm³/mol. The van der Waals surface area contributed by atoms with E-state index in [1.807, 2.05) is 37.3 Å². The van der Waals surface area contributed by atoms with Crippen LogP contribution in [0.3, 0.4) is 0 Å². The van der Waals surface area contributed by atoms with Gasteiger partial charge in [0.15, 0.2) is 0 Å². The Labute approximate surface area is 108 Å². The highest BCUT2D eigenvalue weighted by molar-refractivity contribution is 6.01. The highest BCUT2D eigenvalue weighted by Gasteiger charge is 2.36. The lowest BCUT2D eigenvalue weighted by molar-refractivity contribution is -0.146. The first-order chi connectivity index (χ1) is 8.59. The van der Waals surface area contributed by atoms with Crippen LogP contribution in [0.4, 0.5) is 0 Å². The van der Waals surface area contributed by atoms with E-state index in [9.17, 15) is 9.59 Å². The number of nitrogens with zero attached hydrogens (tertiary/aromatic N) is 1. The zero-order chi connectivity index (χ0) is 13.1. The van der Waals surface area contributed by atoms with Gasteiger partial charge in [0.1, 0.15) is 5.78 Å². The molecule has 1 amide bonds. The zero-order valence-electron chi connectivity index (χ0n) is 10.9. The largest absolute Gasteiger partial charge is 0.338 e. The minimum Gasteiger partial charge on any atom is -0.338 e. The molecule has 1 fully saturated rings. The molecule has 0 saturated carbocycles. The summed E-state index contributed by atoms with van der Waals surface area (Å²) in [5, 5.41) is 0. The summed E-state index contributed by atoms with van der Waals surface area (Å²) in [5.41, 5.74) is 1.11. The maximum absolute atomic E-state index is 12.3. The minimum atomic E-state index is -0.442. The molecule has 0 radical (unpaired) electrons. The van der Waals surface area contributed by atoms with Gasteiger partial charge in [-0.05, 0) is 24.8 Å². The van der Waals surface area contributed by atoms with Crippen molar-refractivity contribution in [3.63, 3.8) is 0 Å². The van der Waals surface area contributed by atoms with E-state index in [4.69, 9.17) is 0 Å². The van der Waals surface area contributed by atoms with Crippen LogP contribution in [0.1, 0.15) is 25.8 Å². The SMILES string of the molecule is CC(=O)C1C(=O)N(Cc2ccccc2)CCC1C. The van der Waals surface area contributed by atoms with Crippen LogP contribution in [0, 0.1) is 11.8 Å². The average molecular weight is 245 g/mol. The van der Waals surface area contributed by atoms with Crippen molar-refractivity contribution in [3.8, 4) is 0 Å². The Bertz CT molecular complexity index is 441. The Kier molecular flexibility index (Phi) is 3.80. The van der Waals surface area contributed by atoms with Crippen molar-refractivity contribution < 1.29 is 9.59 Å². The lowest BCUT2D eigenvalue weighted by Crippen LogP contribution is -2.46.